The zero-order chi connectivity index (χ0) is 14.9. The monoisotopic (exact) mass is 304 g/mol. The van der Waals surface area contributed by atoms with E-state index in [9.17, 15) is 18.0 Å². The lowest BCUT2D eigenvalue weighted by Crippen LogP contribution is -2.47. The van der Waals surface area contributed by atoms with E-state index in [1.54, 1.807) is 6.92 Å². The standard InChI is InChI=1S/C12H20N2O5S/c1-2-20(18,19)14-5-3-8(4-6-14)13-11(15)9-7-10(9)12(16)17/h8-10H,2-7H2,1H3,(H,13,15)(H,16,17). The summed E-state index contributed by atoms with van der Waals surface area (Å²) in [6, 6.07) is -0.0548. The third-order valence-corrected chi connectivity index (χ3v) is 5.88. The highest BCUT2D eigenvalue weighted by molar-refractivity contribution is 7.89. The van der Waals surface area contributed by atoms with Gasteiger partial charge in [-0.05, 0) is 26.2 Å². The van der Waals surface area contributed by atoms with E-state index < -0.39 is 27.8 Å². The van der Waals surface area contributed by atoms with Crippen LogP contribution in [-0.4, -0.2) is 54.6 Å². The summed E-state index contributed by atoms with van der Waals surface area (Å²) in [7, 11) is -3.15. The molecule has 0 radical (unpaired) electrons. The second-order valence-corrected chi connectivity index (χ2v) is 7.63. The first kappa shape index (κ1) is 15.2. The maximum atomic E-state index is 11.8. The van der Waals surface area contributed by atoms with Crippen LogP contribution in [0.5, 0.6) is 0 Å². The number of hydrogen-bond donors (Lipinski definition) is 2. The average molecular weight is 304 g/mol. The third-order valence-electron chi connectivity index (χ3n) is 4.00. The molecule has 2 unspecified atom stereocenters. The predicted octanol–water partition coefficient (Wildman–Crippen LogP) is -0.363. The van der Waals surface area contributed by atoms with E-state index >= 15 is 0 Å². The normalized spacial score (nSPS) is 28.1. The first-order valence-electron chi connectivity index (χ1n) is 6.86. The van der Waals surface area contributed by atoms with Gasteiger partial charge in [-0.15, -0.1) is 0 Å². The Bertz CT molecular complexity index is 496. The molecule has 1 saturated carbocycles. The topological polar surface area (TPSA) is 104 Å². The molecule has 2 rings (SSSR count). The van der Waals surface area contributed by atoms with Gasteiger partial charge in [-0.25, -0.2) is 12.7 Å². The Kier molecular flexibility index (Phi) is 4.33. The maximum absolute atomic E-state index is 11.8. The molecule has 2 aliphatic rings. The zero-order valence-corrected chi connectivity index (χ0v) is 12.2. The fraction of sp³-hybridized carbons (Fsp3) is 0.833. The molecule has 8 heteroatoms. The molecule has 1 heterocycles. The van der Waals surface area contributed by atoms with Crippen molar-refractivity contribution < 1.29 is 23.1 Å². The Morgan fingerprint density at radius 3 is 2.30 bits per heavy atom. The van der Waals surface area contributed by atoms with E-state index in [1.807, 2.05) is 0 Å². The smallest absolute Gasteiger partial charge is 0.307 e. The van der Waals surface area contributed by atoms with Gasteiger partial charge in [-0.1, -0.05) is 0 Å². The maximum Gasteiger partial charge on any atom is 0.307 e. The van der Waals surface area contributed by atoms with E-state index in [4.69, 9.17) is 5.11 Å². The first-order chi connectivity index (χ1) is 9.35. The highest BCUT2D eigenvalue weighted by Crippen LogP contribution is 2.38. The molecular weight excluding hydrogens is 284 g/mol. The van der Waals surface area contributed by atoms with Crippen LogP contribution in [0.3, 0.4) is 0 Å². The number of nitrogens with one attached hydrogen (secondary N) is 1. The second kappa shape index (κ2) is 5.69. The number of nitrogens with zero attached hydrogens (tertiary/aromatic N) is 1. The van der Waals surface area contributed by atoms with E-state index in [2.05, 4.69) is 5.32 Å². The predicted molar refractivity (Wildman–Crippen MR) is 71.4 cm³/mol. The van der Waals surface area contributed by atoms with Gasteiger partial charge in [0.05, 0.1) is 17.6 Å². The number of carbonyl (C=O) groups is 2. The second-order valence-electron chi connectivity index (χ2n) is 5.37. The molecule has 0 aromatic heterocycles. The molecular formula is C12H20N2O5S. The molecule has 0 aromatic rings. The summed E-state index contributed by atoms with van der Waals surface area (Å²) in [4.78, 5) is 22.5. The quantitative estimate of drug-likeness (QED) is 0.721. The fourth-order valence-corrected chi connectivity index (χ4v) is 3.66. The van der Waals surface area contributed by atoms with Crippen molar-refractivity contribution in [2.75, 3.05) is 18.8 Å². The number of carbonyl (C=O) groups excluding carboxylic acids is 1. The largest absolute Gasteiger partial charge is 0.481 e. The van der Waals surface area contributed by atoms with Crippen molar-refractivity contribution in [3.05, 3.63) is 0 Å². The number of carboxylic acids is 1. The van der Waals surface area contributed by atoms with Gasteiger partial charge in [0.2, 0.25) is 15.9 Å². The van der Waals surface area contributed by atoms with Gasteiger partial charge in [0, 0.05) is 19.1 Å². The molecule has 0 spiro atoms. The van der Waals surface area contributed by atoms with Crippen molar-refractivity contribution in [3.63, 3.8) is 0 Å². The summed E-state index contributed by atoms with van der Waals surface area (Å²) >= 11 is 0. The van der Waals surface area contributed by atoms with Crippen molar-refractivity contribution in [1.29, 1.82) is 0 Å². The molecule has 2 atom stereocenters. The van der Waals surface area contributed by atoms with Crippen LogP contribution >= 0.6 is 0 Å². The third kappa shape index (κ3) is 3.29. The van der Waals surface area contributed by atoms with Crippen LogP contribution in [0.2, 0.25) is 0 Å². The minimum absolute atomic E-state index is 0.0548. The van der Waals surface area contributed by atoms with E-state index in [1.165, 1.54) is 4.31 Å². The molecule has 2 fully saturated rings. The van der Waals surface area contributed by atoms with Crippen LogP contribution in [-0.2, 0) is 19.6 Å². The van der Waals surface area contributed by atoms with Gasteiger partial charge >= 0.3 is 5.97 Å². The number of carboxylic acid groups (broad SMARTS) is 1. The van der Waals surface area contributed by atoms with E-state index in [0.29, 0.717) is 32.4 Å². The number of piperidine rings is 1. The molecule has 1 amide bonds. The lowest BCUT2D eigenvalue weighted by atomic mass is 10.1. The van der Waals surface area contributed by atoms with Gasteiger partial charge in [0.25, 0.3) is 0 Å². The van der Waals surface area contributed by atoms with E-state index in [-0.39, 0.29) is 17.7 Å². The number of aliphatic carboxylic acids is 1. The van der Waals surface area contributed by atoms with Crippen LogP contribution in [0.15, 0.2) is 0 Å². The Hall–Kier alpha value is -1.15. The van der Waals surface area contributed by atoms with Crippen LogP contribution in [0.1, 0.15) is 26.2 Å². The summed E-state index contributed by atoms with van der Waals surface area (Å²) in [5.41, 5.74) is 0. The summed E-state index contributed by atoms with van der Waals surface area (Å²) in [6.07, 6.45) is 1.56. The average Bonchev–Trinajstić information content (AvgIpc) is 3.20. The highest BCUT2D eigenvalue weighted by Gasteiger charge is 2.48. The van der Waals surface area contributed by atoms with Gasteiger partial charge in [0.1, 0.15) is 0 Å². The molecule has 20 heavy (non-hydrogen) atoms. The van der Waals surface area contributed by atoms with E-state index in [0.717, 1.165) is 0 Å². The Morgan fingerprint density at radius 2 is 1.85 bits per heavy atom. The van der Waals surface area contributed by atoms with Crippen LogP contribution in [0, 0.1) is 11.8 Å². The molecule has 7 nitrogen and oxygen atoms in total. The molecule has 1 saturated heterocycles. The number of hydrogen-bond acceptors (Lipinski definition) is 4. The van der Waals surface area contributed by atoms with Gasteiger partial charge in [-0.3, -0.25) is 9.59 Å². The zero-order valence-electron chi connectivity index (χ0n) is 11.4. The molecule has 0 bridgehead atoms. The first-order valence-corrected chi connectivity index (χ1v) is 8.47. The summed E-state index contributed by atoms with van der Waals surface area (Å²) in [6.45, 7) is 2.44. The highest BCUT2D eigenvalue weighted by atomic mass is 32.2. The summed E-state index contributed by atoms with van der Waals surface area (Å²) < 4.78 is 24.8. The van der Waals surface area contributed by atoms with Crippen molar-refractivity contribution in [2.24, 2.45) is 11.8 Å². The molecule has 0 aromatic carbocycles. The van der Waals surface area contributed by atoms with Crippen molar-refractivity contribution in [3.8, 4) is 0 Å². The van der Waals surface area contributed by atoms with Gasteiger partial charge < -0.3 is 10.4 Å². The molecule has 1 aliphatic carbocycles. The lowest BCUT2D eigenvalue weighted by Gasteiger charge is -2.31. The number of sulfonamides is 1. The molecule has 114 valence electrons. The fourth-order valence-electron chi connectivity index (χ4n) is 2.53. The summed E-state index contributed by atoms with van der Waals surface area (Å²) in [5.74, 6) is -2.00. The minimum atomic E-state index is -3.15. The lowest BCUT2D eigenvalue weighted by molar-refractivity contribution is -0.140. The van der Waals surface area contributed by atoms with Crippen molar-refractivity contribution >= 4 is 21.9 Å². The molecule has 2 N–H and O–H groups in total. The van der Waals surface area contributed by atoms with Crippen molar-refractivity contribution in [1.82, 2.24) is 9.62 Å². The van der Waals surface area contributed by atoms with Gasteiger partial charge in [-0.2, -0.15) is 0 Å². The Labute approximate surface area is 118 Å². The van der Waals surface area contributed by atoms with Crippen LogP contribution in [0.25, 0.3) is 0 Å². The van der Waals surface area contributed by atoms with Crippen LogP contribution in [0.4, 0.5) is 0 Å². The number of amides is 1. The van der Waals surface area contributed by atoms with Gasteiger partial charge in [0.15, 0.2) is 0 Å². The Morgan fingerprint density at radius 1 is 1.25 bits per heavy atom. The summed E-state index contributed by atoms with van der Waals surface area (Å²) in [5, 5.41) is 11.6. The minimum Gasteiger partial charge on any atom is -0.481 e. The number of rotatable bonds is 5. The molecule has 1 aliphatic heterocycles. The van der Waals surface area contributed by atoms with Crippen LogP contribution < -0.4 is 5.32 Å². The van der Waals surface area contributed by atoms with Crippen molar-refractivity contribution in [2.45, 2.75) is 32.2 Å². The Balaban J connectivity index is 1.78. The SMILES string of the molecule is CCS(=O)(=O)N1CCC(NC(=O)C2CC2C(=O)O)CC1.